The highest BCUT2D eigenvalue weighted by Crippen LogP contribution is 2.27. The van der Waals surface area contributed by atoms with Crippen molar-refractivity contribution < 1.29 is 8.42 Å². The third kappa shape index (κ3) is 6.32. The molecule has 0 atom stereocenters. The summed E-state index contributed by atoms with van der Waals surface area (Å²) in [5, 5.41) is 0.909. The van der Waals surface area contributed by atoms with Gasteiger partial charge in [0.1, 0.15) is 0 Å². The van der Waals surface area contributed by atoms with Crippen molar-refractivity contribution >= 4 is 26.6 Å². The van der Waals surface area contributed by atoms with E-state index in [9.17, 15) is 8.42 Å². The van der Waals surface area contributed by atoms with E-state index >= 15 is 0 Å². The highest BCUT2D eigenvalue weighted by molar-refractivity contribution is 7.92. The lowest BCUT2D eigenvalue weighted by Gasteiger charge is -2.16. The van der Waals surface area contributed by atoms with Gasteiger partial charge in [0.2, 0.25) is 0 Å². The topological polar surface area (TPSA) is 59.1 Å². The first kappa shape index (κ1) is 24.2. The Kier molecular flexibility index (Phi) is 9.10. The Bertz CT molecular complexity index is 1100. The molecule has 172 valence electrons. The van der Waals surface area contributed by atoms with Gasteiger partial charge in [0.05, 0.1) is 16.1 Å². The molecule has 32 heavy (non-hydrogen) atoms. The monoisotopic (exact) mass is 452 g/mol. The van der Waals surface area contributed by atoms with E-state index in [-0.39, 0.29) is 0 Å². The average Bonchev–Trinajstić information content (AvgIpc) is 2.80. The summed E-state index contributed by atoms with van der Waals surface area (Å²) in [5.74, 6) is 0. The van der Waals surface area contributed by atoms with Gasteiger partial charge in [0.15, 0.2) is 0 Å². The third-order valence-corrected chi connectivity index (χ3v) is 7.50. The number of sulfonamides is 1. The fourth-order valence-electron chi connectivity index (χ4n) is 4.33. The molecule has 0 unspecified atom stereocenters. The molecule has 0 spiro atoms. The van der Waals surface area contributed by atoms with Crippen LogP contribution < -0.4 is 4.72 Å². The molecule has 4 nitrogen and oxygen atoms in total. The molecule has 0 amide bonds. The minimum Gasteiger partial charge on any atom is -0.277 e. The molecule has 0 fully saturated rings. The summed E-state index contributed by atoms with van der Waals surface area (Å²) in [4.78, 5) is 4.75. The number of unbranched alkanes of at least 4 members (excludes halogenated alkanes) is 7. The summed E-state index contributed by atoms with van der Waals surface area (Å²) in [7, 11) is -3.71. The first-order valence-electron chi connectivity index (χ1n) is 12.0. The maximum Gasteiger partial charge on any atom is 0.262 e. The van der Waals surface area contributed by atoms with Gasteiger partial charge in [-0.15, -0.1) is 0 Å². The van der Waals surface area contributed by atoms with Crippen LogP contribution in [-0.2, 0) is 22.9 Å². The van der Waals surface area contributed by atoms with Crippen LogP contribution in [0, 0.1) is 0 Å². The largest absolute Gasteiger partial charge is 0.277 e. The van der Waals surface area contributed by atoms with Crippen molar-refractivity contribution in [2.75, 3.05) is 4.72 Å². The van der Waals surface area contributed by atoms with Gasteiger partial charge in [-0.3, -0.25) is 9.71 Å². The zero-order chi connectivity index (χ0) is 22.8. The maximum absolute atomic E-state index is 13.3. The van der Waals surface area contributed by atoms with E-state index in [2.05, 4.69) is 22.7 Å². The molecule has 0 aliphatic rings. The van der Waals surface area contributed by atoms with Crippen LogP contribution >= 0.6 is 0 Å². The predicted molar refractivity (Wildman–Crippen MR) is 135 cm³/mol. The van der Waals surface area contributed by atoms with Gasteiger partial charge in [-0.25, -0.2) is 8.42 Å². The predicted octanol–water partition coefficient (Wildman–Crippen LogP) is 7.28. The van der Waals surface area contributed by atoms with Crippen LogP contribution in [0.5, 0.6) is 0 Å². The van der Waals surface area contributed by atoms with Crippen molar-refractivity contribution in [1.82, 2.24) is 4.98 Å². The highest BCUT2D eigenvalue weighted by atomic mass is 32.2. The van der Waals surface area contributed by atoms with Crippen molar-refractivity contribution in [3.8, 4) is 0 Å². The number of nitrogens with zero attached hydrogens (tertiary/aromatic N) is 1. The van der Waals surface area contributed by atoms with E-state index in [1.807, 2.05) is 37.3 Å². The van der Waals surface area contributed by atoms with Gasteiger partial charge in [-0.1, -0.05) is 89.1 Å². The average molecular weight is 453 g/mol. The number of para-hydroxylation sites is 1. The minimum atomic E-state index is -3.71. The number of anilines is 1. The third-order valence-electron chi connectivity index (χ3n) is 6.05. The minimum absolute atomic E-state index is 0.380. The Labute approximate surface area is 193 Å². The van der Waals surface area contributed by atoms with Crippen LogP contribution in [0.15, 0.2) is 59.6 Å². The number of hydrogen-bond donors (Lipinski definition) is 1. The molecule has 5 heteroatoms. The van der Waals surface area contributed by atoms with Crippen LogP contribution in [0.25, 0.3) is 10.9 Å². The molecular formula is C27H36N2O2S. The van der Waals surface area contributed by atoms with E-state index in [4.69, 9.17) is 0 Å². The zero-order valence-electron chi connectivity index (χ0n) is 19.4. The van der Waals surface area contributed by atoms with Crippen molar-refractivity contribution in [2.45, 2.75) is 83.0 Å². The Hall–Kier alpha value is -2.40. The molecule has 1 heterocycles. The SMILES string of the molecule is CCCCCCCCCCc1cccc(S(=O)(=O)Nc2cccc3cccnc23)c1CC. The van der Waals surface area contributed by atoms with Crippen molar-refractivity contribution in [3.05, 3.63) is 65.9 Å². The van der Waals surface area contributed by atoms with Gasteiger partial charge in [-0.2, -0.15) is 0 Å². The molecule has 3 aromatic rings. The lowest BCUT2D eigenvalue weighted by atomic mass is 9.99. The molecule has 0 aliphatic heterocycles. The number of aryl methyl sites for hydroxylation is 1. The molecule has 0 saturated carbocycles. The van der Waals surface area contributed by atoms with Gasteiger partial charge >= 0.3 is 0 Å². The summed E-state index contributed by atoms with van der Waals surface area (Å²) in [6, 6.07) is 15.0. The fraction of sp³-hybridized carbons (Fsp3) is 0.444. The van der Waals surface area contributed by atoms with Crippen LogP contribution in [0.3, 0.4) is 0 Å². The van der Waals surface area contributed by atoms with Crippen LogP contribution in [-0.4, -0.2) is 13.4 Å². The van der Waals surface area contributed by atoms with Gasteiger partial charge in [-0.05, 0) is 48.6 Å². The van der Waals surface area contributed by atoms with Crippen molar-refractivity contribution in [3.63, 3.8) is 0 Å². The van der Waals surface area contributed by atoms with E-state index in [0.29, 0.717) is 22.5 Å². The maximum atomic E-state index is 13.3. The standard InChI is InChI=1S/C27H36N2O2S/c1-3-5-6-7-8-9-10-11-15-22-16-13-20-26(24(22)4-2)32(30,31)29-25-19-12-17-23-18-14-21-28-27(23)25/h12-14,16-21,29H,3-11,15H2,1-2H3. The molecule has 0 saturated heterocycles. The van der Waals surface area contributed by atoms with Crippen molar-refractivity contribution in [2.24, 2.45) is 0 Å². The number of rotatable bonds is 13. The van der Waals surface area contributed by atoms with Crippen LogP contribution in [0.2, 0.25) is 0 Å². The molecule has 0 bridgehead atoms. The first-order chi connectivity index (χ1) is 15.6. The van der Waals surface area contributed by atoms with Gasteiger partial charge in [0, 0.05) is 11.6 Å². The second-order valence-electron chi connectivity index (χ2n) is 8.46. The zero-order valence-corrected chi connectivity index (χ0v) is 20.3. The molecule has 1 aromatic heterocycles. The second-order valence-corrected chi connectivity index (χ2v) is 10.1. The van der Waals surface area contributed by atoms with E-state index in [0.717, 1.165) is 29.4 Å². The normalized spacial score (nSPS) is 11.7. The summed E-state index contributed by atoms with van der Waals surface area (Å²) in [6.07, 6.45) is 13.5. The lowest BCUT2D eigenvalue weighted by Crippen LogP contribution is -2.16. The molecule has 3 rings (SSSR count). The molecule has 0 radical (unpaired) electrons. The highest BCUT2D eigenvalue weighted by Gasteiger charge is 2.21. The number of aromatic nitrogens is 1. The summed E-state index contributed by atoms with van der Waals surface area (Å²) < 4.78 is 29.5. The Balaban J connectivity index is 1.70. The summed E-state index contributed by atoms with van der Waals surface area (Å²) in [5.41, 5.74) is 3.25. The summed E-state index contributed by atoms with van der Waals surface area (Å²) in [6.45, 7) is 4.28. The number of nitrogens with one attached hydrogen (secondary N) is 1. The number of hydrogen-bond acceptors (Lipinski definition) is 3. The quantitative estimate of drug-likeness (QED) is 0.277. The number of pyridine rings is 1. The van der Waals surface area contributed by atoms with E-state index in [1.165, 1.54) is 44.9 Å². The molecule has 1 N–H and O–H groups in total. The number of fused-ring (bicyclic) bond motifs is 1. The van der Waals surface area contributed by atoms with E-state index < -0.39 is 10.0 Å². The molecular weight excluding hydrogens is 416 g/mol. The smallest absolute Gasteiger partial charge is 0.262 e. The number of benzene rings is 2. The molecule has 0 aliphatic carbocycles. The van der Waals surface area contributed by atoms with Crippen LogP contribution in [0.1, 0.15) is 76.3 Å². The van der Waals surface area contributed by atoms with Crippen molar-refractivity contribution in [1.29, 1.82) is 0 Å². The van der Waals surface area contributed by atoms with E-state index in [1.54, 1.807) is 18.3 Å². The Morgan fingerprint density at radius 1 is 0.812 bits per heavy atom. The Morgan fingerprint density at radius 3 is 2.25 bits per heavy atom. The Morgan fingerprint density at radius 2 is 1.50 bits per heavy atom. The second kappa shape index (κ2) is 12.0. The fourth-order valence-corrected chi connectivity index (χ4v) is 5.76. The van der Waals surface area contributed by atoms with Gasteiger partial charge in [0.25, 0.3) is 10.0 Å². The lowest BCUT2D eigenvalue weighted by molar-refractivity contribution is 0.574. The van der Waals surface area contributed by atoms with Gasteiger partial charge < -0.3 is 0 Å². The first-order valence-corrected chi connectivity index (χ1v) is 13.5. The van der Waals surface area contributed by atoms with Crippen LogP contribution in [0.4, 0.5) is 5.69 Å². The summed E-state index contributed by atoms with van der Waals surface area (Å²) >= 11 is 0. The molecule has 2 aromatic carbocycles.